The molecule has 0 radical (unpaired) electrons. The monoisotopic (exact) mass is 321 g/mol. The third-order valence-corrected chi connectivity index (χ3v) is 3.62. The Balaban J connectivity index is 2.52. The number of halogens is 1. The van der Waals surface area contributed by atoms with E-state index in [0.29, 0.717) is 5.82 Å². The first-order valence-corrected chi connectivity index (χ1v) is 6.78. The average molecular weight is 322 g/mol. The zero-order valence-corrected chi connectivity index (χ0v) is 12.5. The van der Waals surface area contributed by atoms with Gasteiger partial charge in [-0.1, -0.05) is 18.2 Å². The highest BCUT2D eigenvalue weighted by atomic mass is 79.9. The molecule has 0 fully saturated rings. The molecule has 0 bridgehead atoms. The van der Waals surface area contributed by atoms with Crippen LogP contribution in [0.2, 0.25) is 0 Å². The number of nitrogens with zero attached hydrogens (tertiary/aromatic N) is 3. The summed E-state index contributed by atoms with van der Waals surface area (Å²) in [6, 6.07) is 8.19. The lowest BCUT2D eigenvalue weighted by Gasteiger charge is -2.25. The number of hydrazine groups is 1. The number of aryl methyl sites for hydroxylation is 1. The second kappa shape index (κ2) is 5.99. The number of aromatic nitrogens is 2. The van der Waals surface area contributed by atoms with Gasteiger partial charge in [-0.3, -0.25) is 0 Å². The highest BCUT2D eigenvalue weighted by molar-refractivity contribution is 9.10. The molecule has 19 heavy (non-hydrogen) atoms. The Labute approximate surface area is 121 Å². The summed E-state index contributed by atoms with van der Waals surface area (Å²) in [7, 11) is 0. The molecule has 0 atom stereocenters. The fourth-order valence-electron chi connectivity index (χ4n) is 1.95. The zero-order chi connectivity index (χ0) is 13.8. The van der Waals surface area contributed by atoms with E-state index in [9.17, 15) is 0 Å². The number of rotatable bonds is 4. The molecule has 0 amide bonds. The molecule has 5 nitrogen and oxygen atoms in total. The lowest BCUT2D eigenvalue weighted by molar-refractivity contribution is 0.962. The SMILES string of the molecule is CCN(c1ccccc1C)c1ncnc(NN)c1Br. The first kappa shape index (κ1) is 13.8. The first-order valence-electron chi connectivity index (χ1n) is 5.99. The van der Waals surface area contributed by atoms with Crippen LogP contribution in [-0.4, -0.2) is 16.5 Å². The molecule has 0 aliphatic carbocycles. The van der Waals surface area contributed by atoms with Gasteiger partial charge in [0.15, 0.2) is 11.6 Å². The summed E-state index contributed by atoms with van der Waals surface area (Å²) in [6.45, 7) is 4.95. The molecular formula is C13H16BrN5. The molecule has 2 aromatic rings. The number of nitrogens with one attached hydrogen (secondary N) is 1. The molecule has 1 aromatic carbocycles. The number of nitrogen functional groups attached to an aromatic ring is 1. The maximum absolute atomic E-state index is 5.44. The van der Waals surface area contributed by atoms with Crippen LogP contribution in [0.4, 0.5) is 17.3 Å². The van der Waals surface area contributed by atoms with Crippen LogP contribution in [0.25, 0.3) is 0 Å². The Bertz CT molecular complexity index is 573. The van der Waals surface area contributed by atoms with Crippen molar-refractivity contribution in [3.63, 3.8) is 0 Å². The van der Waals surface area contributed by atoms with E-state index in [4.69, 9.17) is 5.84 Å². The predicted molar refractivity (Wildman–Crippen MR) is 81.4 cm³/mol. The maximum atomic E-state index is 5.44. The van der Waals surface area contributed by atoms with Crippen molar-refractivity contribution in [3.8, 4) is 0 Å². The molecule has 2 rings (SSSR count). The van der Waals surface area contributed by atoms with Crippen molar-refractivity contribution in [1.29, 1.82) is 0 Å². The van der Waals surface area contributed by atoms with Gasteiger partial charge in [0, 0.05) is 12.2 Å². The van der Waals surface area contributed by atoms with Crippen LogP contribution < -0.4 is 16.2 Å². The van der Waals surface area contributed by atoms with Gasteiger partial charge in [0.2, 0.25) is 0 Å². The quantitative estimate of drug-likeness (QED) is 0.669. The van der Waals surface area contributed by atoms with Gasteiger partial charge in [-0.15, -0.1) is 0 Å². The second-order valence-electron chi connectivity index (χ2n) is 4.03. The van der Waals surface area contributed by atoms with Gasteiger partial charge in [0.1, 0.15) is 10.8 Å². The summed E-state index contributed by atoms with van der Waals surface area (Å²) < 4.78 is 0.752. The lowest BCUT2D eigenvalue weighted by Crippen LogP contribution is -2.20. The van der Waals surface area contributed by atoms with Gasteiger partial charge < -0.3 is 10.3 Å². The predicted octanol–water partition coefficient (Wildman–Crippen LogP) is 2.99. The molecule has 0 saturated carbocycles. The molecule has 0 saturated heterocycles. The third-order valence-electron chi connectivity index (χ3n) is 2.89. The normalized spacial score (nSPS) is 10.3. The third kappa shape index (κ3) is 2.69. The summed E-state index contributed by atoms with van der Waals surface area (Å²) in [5.41, 5.74) is 4.87. The van der Waals surface area contributed by atoms with Crippen LogP contribution in [-0.2, 0) is 0 Å². The zero-order valence-electron chi connectivity index (χ0n) is 10.9. The molecule has 0 aliphatic heterocycles. The van der Waals surface area contributed by atoms with Crippen molar-refractivity contribution in [3.05, 3.63) is 40.6 Å². The standard InChI is InChI=1S/C13H16BrN5/c1-3-19(10-7-5-4-6-9(10)2)13-11(14)12(18-15)16-8-17-13/h4-8H,3,15H2,1-2H3,(H,16,17,18). The van der Waals surface area contributed by atoms with Gasteiger partial charge in [0.05, 0.1) is 0 Å². The highest BCUT2D eigenvalue weighted by Gasteiger charge is 2.16. The average Bonchev–Trinajstić information content (AvgIpc) is 2.43. The fraction of sp³-hybridized carbons (Fsp3) is 0.231. The molecule has 0 spiro atoms. The minimum Gasteiger partial charge on any atom is -0.325 e. The van der Waals surface area contributed by atoms with E-state index in [1.54, 1.807) is 0 Å². The van der Waals surface area contributed by atoms with Gasteiger partial charge in [-0.05, 0) is 41.4 Å². The Hall–Kier alpha value is -1.66. The van der Waals surface area contributed by atoms with Crippen LogP contribution in [0.3, 0.4) is 0 Å². The fourth-order valence-corrected chi connectivity index (χ4v) is 2.48. The van der Waals surface area contributed by atoms with Crippen molar-refractivity contribution in [2.24, 2.45) is 5.84 Å². The van der Waals surface area contributed by atoms with E-state index in [-0.39, 0.29) is 0 Å². The Kier molecular flexibility index (Phi) is 4.34. The summed E-state index contributed by atoms with van der Waals surface area (Å²) >= 11 is 3.50. The maximum Gasteiger partial charge on any atom is 0.159 e. The van der Waals surface area contributed by atoms with Crippen LogP contribution in [0, 0.1) is 6.92 Å². The van der Waals surface area contributed by atoms with Crippen molar-refractivity contribution < 1.29 is 0 Å². The smallest absolute Gasteiger partial charge is 0.159 e. The lowest BCUT2D eigenvalue weighted by atomic mass is 10.2. The van der Waals surface area contributed by atoms with Crippen molar-refractivity contribution in [2.45, 2.75) is 13.8 Å². The van der Waals surface area contributed by atoms with Gasteiger partial charge in [-0.25, -0.2) is 15.8 Å². The molecule has 0 aliphatic rings. The van der Waals surface area contributed by atoms with Crippen molar-refractivity contribution in [2.75, 3.05) is 16.9 Å². The van der Waals surface area contributed by atoms with Gasteiger partial charge >= 0.3 is 0 Å². The van der Waals surface area contributed by atoms with Crippen LogP contribution >= 0.6 is 15.9 Å². The summed E-state index contributed by atoms with van der Waals surface area (Å²) in [5.74, 6) is 6.80. The number of hydrogen-bond donors (Lipinski definition) is 2. The summed E-state index contributed by atoms with van der Waals surface area (Å²) in [5, 5.41) is 0. The topological polar surface area (TPSA) is 67.1 Å². The van der Waals surface area contributed by atoms with Gasteiger partial charge in [-0.2, -0.15) is 0 Å². The summed E-state index contributed by atoms with van der Waals surface area (Å²) in [6.07, 6.45) is 1.50. The van der Waals surface area contributed by atoms with Crippen LogP contribution in [0.5, 0.6) is 0 Å². The highest BCUT2D eigenvalue weighted by Crippen LogP contribution is 2.34. The van der Waals surface area contributed by atoms with Crippen molar-refractivity contribution in [1.82, 2.24) is 9.97 Å². The largest absolute Gasteiger partial charge is 0.325 e. The van der Waals surface area contributed by atoms with E-state index in [1.165, 1.54) is 11.9 Å². The number of nitrogens with two attached hydrogens (primary N) is 1. The van der Waals surface area contributed by atoms with E-state index >= 15 is 0 Å². The first-order chi connectivity index (χ1) is 9.19. The number of anilines is 3. The Morgan fingerprint density at radius 1 is 1.32 bits per heavy atom. The van der Waals surface area contributed by atoms with Crippen LogP contribution in [0.1, 0.15) is 12.5 Å². The number of hydrogen-bond acceptors (Lipinski definition) is 5. The molecular weight excluding hydrogens is 306 g/mol. The molecule has 6 heteroatoms. The minimum atomic E-state index is 0.567. The molecule has 100 valence electrons. The van der Waals surface area contributed by atoms with E-state index < -0.39 is 0 Å². The molecule has 1 aromatic heterocycles. The van der Waals surface area contributed by atoms with E-state index in [1.807, 2.05) is 12.1 Å². The molecule has 1 heterocycles. The summed E-state index contributed by atoms with van der Waals surface area (Å²) in [4.78, 5) is 10.5. The van der Waals surface area contributed by atoms with Crippen LogP contribution in [0.15, 0.2) is 35.1 Å². The second-order valence-corrected chi connectivity index (χ2v) is 4.83. The number of benzene rings is 1. The van der Waals surface area contributed by atoms with Crippen molar-refractivity contribution >= 4 is 33.3 Å². The van der Waals surface area contributed by atoms with E-state index in [0.717, 1.165) is 22.5 Å². The Morgan fingerprint density at radius 2 is 2.05 bits per heavy atom. The molecule has 0 unspecified atom stereocenters. The number of para-hydroxylation sites is 1. The Morgan fingerprint density at radius 3 is 2.68 bits per heavy atom. The molecule has 3 N–H and O–H groups in total. The minimum absolute atomic E-state index is 0.567. The van der Waals surface area contributed by atoms with E-state index in [2.05, 4.69) is 62.2 Å². The van der Waals surface area contributed by atoms with Gasteiger partial charge in [0.25, 0.3) is 0 Å².